The van der Waals surface area contributed by atoms with E-state index in [0.29, 0.717) is 29.8 Å². The highest BCUT2D eigenvalue weighted by atomic mass is 35.5. The number of esters is 1. The number of nitrogens with zero attached hydrogens (tertiary/aromatic N) is 2. The van der Waals surface area contributed by atoms with Crippen LogP contribution in [0.3, 0.4) is 0 Å². The molecule has 3 rings (SSSR count). The Morgan fingerprint density at radius 3 is 2.89 bits per heavy atom. The molecule has 0 fully saturated rings. The normalized spacial score (nSPS) is 10.8. The summed E-state index contributed by atoms with van der Waals surface area (Å²) in [5, 5.41) is 14.2. The Bertz CT molecular complexity index is 1040. The van der Waals surface area contributed by atoms with E-state index in [2.05, 4.69) is 20.0 Å². The molecule has 2 aromatic carbocycles. The van der Waals surface area contributed by atoms with Crippen molar-refractivity contribution in [2.75, 3.05) is 19.0 Å². The van der Waals surface area contributed by atoms with E-state index in [1.165, 1.54) is 18.2 Å². The average Bonchev–Trinajstić information content (AvgIpc) is 3.02. The number of imidazole rings is 1. The number of rotatable bonds is 6. The minimum absolute atomic E-state index is 0.0363. The molecule has 0 saturated heterocycles. The molecule has 0 unspecified atom stereocenters. The number of halogens is 2. The molecule has 0 aliphatic carbocycles. The molecule has 0 bridgehead atoms. The number of hydrogen-bond donors (Lipinski definition) is 2. The fourth-order valence-corrected chi connectivity index (χ4v) is 2.83. The van der Waals surface area contributed by atoms with E-state index in [-0.39, 0.29) is 27.8 Å². The summed E-state index contributed by atoms with van der Waals surface area (Å²) < 4.78 is 17.8. The Balaban J connectivity index is 1.77. The monoisotopic (exact) mass is 392 g/mol. The van der Waals surface area contributed by atoms with Crippen molar-refractivity contribution >= 4 is 40.0 Å². The molecule has 140 valence electrons. The summed E-state index contributed by atoms with van der Waals surface area (Å²) >= 11 is 6.03. The predicted octanol–water partition coefficient (Wildman–Crippen LogP) is 3.70. The molecule has 3 aromatic rings. The van der Waals surface area contributed by atoms with Crippen molar-refractivity contribution < 1.29 is 18.8 Å². The van der Waals surface area contributed by atoms with Crippen LogP contribution in [0.2, 0.25) is 5.02 Å². The van der Waals surface area contributed by atoms with Crippen LogP contribution in [0.1, 0.15) is 16.2 Å². The van der Waals surface area contributed by atoms with E-state index >= 15 is 0 Å². The fraction of sp³-hybridized carbons (Fsp3) is 0.176. The van der Waals surface area contributed by atoms with Crippen LogP contribution in [0.4, 0.5) is 15.8 Å². The highest BCUT2D eigenvalue weighted by Crippen LogP contribution is 2.31. The lowest BCUT2D eigenvalue weighted by Gasteiger charge is -2.09. The Morgan fingerprint density at radius 1 is 1.41 bits per heavy atom. The number of benzene rings is 2. The average molecular weight is 393 g/mol. The molecule has 0 aliphatic rings. The van der Waals surface area contributed by atoms with Crippen molar-refractivity contribution in [1.82, 2.24) is 9.97 Å². The summed E-state index contributed by atoms with van der Waals surface area (Å²) in [6.45, 7) is 0.303. The predicted molar refractivity (Wildman–Crippen MR) is 97.7 cm³/mol. The van der Waals surface area contributed by atoms with E-state index in [9.17, 15) is 19.3 Å². The molecule has 1 aromatic heterocycles. The lowest BCUT2D eigenvalue weighted by molar-refractivity contribution is -0.384. The van der Waals surface area contributed by atoms with Gasteiger partial charge in [0.2, 0.25) is 0 Å². The number of nitrogens with one attached hydrogen (secondary N) is 2. The maximum atomic E-state index is 13.2. The van der Waals surface area contributed by atoms with Crippen molar-refractivity contribution in [2.45, 2.75) is 6.42 Å². The summed E-state index contributed by atoms with van der Waals surface area (Å²) in [5.74, 6) is -0.529. The lowest BCUT2D eigenvalue weighted by Crippen LogP contribution is -2.10. The van der Waals surface area contributed by atoms with E-state index < -0.39 is 10.9 Å². The van der Waals surface area contributed by atoms with Gasteiger partial charge >= 0.3 is 5.97 Å². The van der Waals surface area contributed by atoms with Crippen LogP contribution in [-0.4, -0.2) is 34.5 Å². The van der Waals surface area contributed by atoms with Crippen LogP contribution in [0.5, 0.6) is 0 Å². The number of nitro groups is 1. The Labute approximate surface area is 157 Å². The van der Waals surface area contributed by atoms with E-state index in [1.54, 1.807) is 6.07 Å². The van der Waals surface area contributed by atoms with E-state index in [4.69, 9.17) is 11.6 Å². The van der Waals surface area contributed by atoms with Crippen LogP contribution in [-0.2, 0) is 11.2 Å². The van der Waals surface area contributed by atoms with Crippen molar-refractivity contribution in [3.63, 3.8) is 0 Å². The zero-order valence-corrected chi connectivity index (χ0v) is 14.8. The minimum atomic E-state index is -0.760. The molecule has 8 nitrogen and oxygen atoms in total. The van der Waals surface area contributed by atoms with Crippen molar-refractivity contribution in [2.24, 2.45) is 0 Å². The van der Waals surface area contributed by atoms with Gasteiger partial charge in [0.15, 0.2) is 0 Å². The third-order valence-corrected chi connectivity index (χ3v) is 4.17. The summed E-state index contributed by atoms with van der Waals surface area (Å²) in [7, 11) is 1.16. The van der Waals surface area contributed by atoms with E-state index in [1.807, 2.05) is 0 Å². The number of aromatic nitrogens is 2. The van der Waals surface area contributed by atoms with Gasteiger partial charge < -0.3 is 15.0 Å². The minimum Gasteiger partial charge on any atom is -0.465 e. The fourth-order valence-electron chi connectivity index (χ4n) is 2.59. The van der Waals surface area contributed by atoms with Crippen molar-refractivity contribution in [1.29, 1.82) is 0 Å². The highest BCUT2D eigenvalue weighted by Gasteiger charge is 2.21. The topological polar surface area (TPSA) is 110 Å². The van der Waals surface area contributed by atoms with Crippen LogP contribution < -0.4 is 5.32 Å². The van der Waals surface area contributed by atoms with Crippen LogP contribution in [0, 0.1) is 15.9 Å². The number of carbonyl (C=O) groups excluding carboxylic acids is 1. The van der Waals surface area contributed by atoms with Gasteiger partial charge in [-0.2, -0.15) is 0 Å². The molecule has 2 N–H and O–H groups in total. The number of fused-ring (bicyclic) bond motifs is 1. The molecule has 0 saturated carbocycles. The Morgan fingerprint density at radius 2 is 2.19 bits per heavy atom. The maximum Gasteiger partial charge on any atom is 0.339 e. The first kappa shape index (κ1) is 18.6. The summed E-state index contributed by atoms with van der Waals surface area (Å²) in [6, 6.07) is 6.60. The second kappa shape index (κ2) is 7.58. The van der Waals surface area contributed by atoms with Gasteiger partial charge in [-0.15, -0.1) is 0 Å². The second-order valence-electron chi connectivity index (χ2n) is 5.62. The van der Waals surface area contributed by atoms with Gasteiger partial charge in [0.05, 0.1) is 33.7 Å². The molecular weight excluding hydrogens is 379 g/mol. The Hall–Kier alpha value is -3.20. The second-order valence-corrected chi connectivity index (χ2v) is 6.03. The Kier molecular flexibility index (Phi) is 5.22. The smallest absolute Gasteiger partial charge is 0.339 e. The van der Waals surface area contributed by atoms with Gasteiger partial charge in [-0.25, -0.2) is 14.2 Å². The number of aromatic amines is 1. The number of hydrogen-bond acceptors (Lipinski definition) is 6. The summed E-state index contributed by atoms with van der Waals surface area (Å²) in [6.07, 6.45) is 0.407. The first-order chi connectivity index (χ1) is 12.9. The number of H-pyrrole nitrogens is 1. The number of carbonyl (C=O) groups is 1. The number of anilines is 1. The van der Waals surface area contributed by atoms with E-state index in [0.717, 1.165) is 13.2 Å². The molecule has 0 spiro atoms. The van der Waals surface area contributed by atoms with Gasteiger partial charge in [0.1, 0.15) is 17.3 Å². The zero-order valence-electron chi connectivity index (χ0n) is 14.1. The SMILES string of the molecule is COC(=O)c1cc([N+](=O)[O-])c(NCCc2nc3ccc(F)cc3[nH]2)cc1Cl. The van der Waals surface area contributed by atoms with Crippen LogP contribution in [0.15, 0.2) is 30.3 Å². The van der Waals surface area contributed by atoms with Gasteiger partial charge in [0.25, 0.3) is 5.69 Å². The highest BCUT2D eigenvalue weighted by molar-refractivity contribution is 6.34. The molecule has 1 heterocycles. The van der Waals surface area contributed by atoms with Gasteiger partial charge in [-0.05, 0) is 24.3 Å². The summed E-state index contributed by atoms with van der Waals surface area (Å²) in [4.78, 5) is 29.6. The molecule has 0 amide bonds. The van der Waals surface area contributed by atoms with Crippen molar-refractivity contribution in [3.05, 3.63) is 62.7 Å². The molecule has 0 aliphatic heterocycles. The third-order valence-electron chi connectivity index (χ3n) is 3.86. The first-order valence-electron chi connectivity index (χ1n) is 7.83. The van der Waals surface area contributed by atoms with Crippen LogP contribution in [0.25, 0.3) is 11.0 Å². The molecule has 10 heteroatoms. The molecule has 27 heavy (non-hydrogen) atoms. The van der Waals surface area contributed by atoms with Gasteiger partial charge in [0, 0.05) is 19.0 Å². The molecular formula is C17H14ClFN4O4. The zero-order chi connectivity index (χ0) is 19.6. The lowest BCUT2D eigenvalue weighted by atomic mass is 10.1. The van der Waals surface area contributed by atoms with Crippen LogP contribution >= 0.6 is 11.6 Å². The standard InChI is InChI=1S/C17H14ClFN4O4/c1-27-17(24)10-7-15(23(25)26)14(8-11(10)18)20-5-4-16-21-12-3-2-9(19)6-13(12)22-16/h2-3,6-8,20H,4-5H2,1H3,(H,21,22). The largest absolute Gasteiger partial charge is 0.465 e. The molecule has 0 atom stereocenters. The number of nitro benzene ring substituents is 1. The summed E-state index contributed by atoms with van der Waals surface area (Å²) in [5.41, 5.74) is 0.978. The van der Waals surface area contributed by atoms with Crippen molar-refractivity contribution in [3.8, 4) is 0 Å². The number of methoxy groups -OCH3 is 1. The first-order valence-corrected chi connectivity index (χ1v) is 8.21. The van der Waals surface area contributed by atoms with Gasteiger partial charge in [-0.1, -0.05) is 11.6 Å². The maximum absolute atomic E-state index is 13.2. The quantitative estimate of drug-likeness (QED) is 0.376. The molecule has 0 radical (unpaired) electrons. The number of ether oxygens (including phenoxy) is 1. The third kappa shape index (κ3) is 3.98. The van der Waals surface area contributed by atoms with Gasteiger partial charge in [-0.3, -0.25) is 10.1 Å².